The Morgan fingerprint density at radius 1 is 1.41 bits per heavy atom. The molecule has 2 aliphatic carbocycles. The monoisotopic (exact) mass is 231 g/mol. The fraction of sp³-hybridized carbons (Fsp3) is 0.812. The van der Waals surface area contributed by atoms with Gasteiger partial charge in [0.1, 0.15) is 0 Å². The van der Waals surface area contributed by atoms with E-state index in [0.29, 0.717) is 5.92 Å². The second-order valence-corrected chi connectivity index (χ2v) is 6.71. The molecule has 2 aliphatic rings. The molecule has 0 N–H and O–H groups in total. The summed E-state index contributed by atoms with van der Waals surface area (Å²) >= 11 is 0. The highest BCUT2D eigenvalue weighted by Gasteiger charge is 2.44. The van der Waals surface area contributed by atoms with Crippen LogP contribution in [-0.4, -0.2) is 5.54 Å². The molecule has 0 heterocycles. The van der Waals surface area contributed by atoms with Crippen LogP contribution >= 0.6 is 0 Å². The summed E-state index contributed by atoms with van der Waals surface area (Å²) in [5, 5.41) is 0. The quantitative estimate of drug-likeness (QED) is 0.455. The fourth-order valence-corrected chi connectivity index (χ4v) is 3.83. The molecule has 1 nitrogen and oxygen atoms in total. The van der Waals surface area contributed by atoms with Gasteiger partial charge in [0.25, 0.3) is 0 Å². The molecule has 0 spiro atoms. The zero-order valence-electron chi connectivity index (χ0n) is 11.7. The summed E-state index contributed by atoms with van der Waals surface area (Å²) < 4.78 is 0. The van der Waals surface area contributed by atoms with Crippen LogP contribution in [0.3, 0.4) is 0 Å². The summed E-state index contributed by atoms with van der Waals surface area (Å²) in [7, 11) is 0. The van der Waals surface area contributed by atoms with Crippen LogP contribution in [-0.2, 0) is 0 Å². The third-order valence-corrected chi connectivity index (χ3v) is 5.01. The lowest BCUT2D eigenvalue weighted by molar-refractivity contribution is 0.168. The molecule has 4 atom stereocenters. The normalized spacial score (nSPS) is 41.6. The third kappa shape index (κ3) is 2.28. The molecular formula is C16H25N. The van der Waals surface area contributed by atoms with E-state index in [0.717, 1.165) is 30.6 Å². The van der Waals surface area contributed by atoms with Crippen LogP contribution in [0.5, 0.6) is 0 Å². The van der Waals surface area contributed by atoms with Gasteiger partial charge >= 0.3 is 0 Å². The second-order valence-electron chi connectivity index (χ2n) is 6.71. The van der Waals surface area contributed by atoms with Crippen molar-refractivity contribution >= 4 is 0 Å². The Hall–Kier alpha value is -0.770. The van der Waals surface area contributed by atoms with Crippen LogP contribution in [0.2, 0.25) is 0 Å². The number of hydrogen-bond acceptors (Lipinski definition) is 0. The van der Waals surface area contributed by atoms with Gasteiger partial charge in [0, 0.05) is 19.8 Å². The fourth-order valence-electron chi connectivity index (χ4n) is 3.83. The van der Waals surface area contributed by atoms with Gasteiger partial charge in [-0.3, -0.25) is 0 Å². The average molecular weight is 231 g/mol. The molecule has 0 amide bonds. The first-order valence-electron chi connectivity index (χ1n) is 7.05. The number of allylic oxidation sites excluding steroid dienone is 1. The SMILES string of the molecule is [C-]#[N+][C@@]1(C)CC=C2C(C)CCC(C(C)C)C2C1. The summed E-state index contributed by atoms with van der Waals surface area (Å²) in [5.41, 5.74) is 1.55. The summed E-state index contributed by atoms with van der Waals surface area (Å²) in [6.45, 7) is 16.6. The molecule has 3 unspecified atom stereocenters. The maximum absolute atomic E-state index is 7.42. The van der Waals surface area contributed by atoms with Crippen LogP contribution in [0.15, 0.2) is 11.6 Å². The molecule has 1 fully saturated rings. The summed E-state index contributed by atoms with van der Waals surface area (Å²) in [5.74, 6) is 3.00. The minimum absolute atomic E-state index is 0.127. The van der Waals surface area contributed by atoms with E-state index in [2.05, 4.69) is 38.6 Å². The highest BCUT2D eigenvalue weighted by atomic mass is 14.8. The lowest BCUT2D eigenvalue weighted by Gasteiger charge is -2.43. The average Bonchev–Trinajstić information content (AvgIpc) is 2.29. The van der Waals surface area contributed by atoms with Gasteiger partial charge in [-0.1, -0.05) is 32.4 Å². The van der Waals surface area contributed by atoms with Crippen LogP contribution in [0.1, 0.15) is 53.4 Å². The van der Waals surface area contributed by atoms with Crippen molar-refractivity contribution in [3.63, 3.8) is 0 Å². The van der Waals surface area contributed by atoms with Gasteiger partial charge in [0.2, 0.25) is 5.54 Å². The molecule has 0 aromatic rings. The maximum Gasteiger partial charge on any atom is 0.233 e. The van der Waals surface area contributed by atoms with Gasteiger partial charge in [0.15, 0.2) is 0 Å². The van der Waals surface area contributed by atoms with Crippen molar-refractivity contribution in [2.24, 2.45) is 23.7 Å². The van der Waals surface area contributed by atoms with Gasteiger partial charge in [0.05, 0.1) is 0 Å². The molecule has 0 aromatic heterocycles. The molecule has 17 heavy (non-hydrogen) atoms. The standard InChI is InChI=1S/C16H25N/c1-11(2)13-7-6-12(3)14-8-9-16(4,17-5)10-15(13)14/h8,11-13,15H,6-7,9-10H2,1-4H3/t12?,13?,15?,16-/m0/s1. The Morgan fingerprint density at radius 2 is 2.12 bits per heavy atom. The minimum atomic E-state index is -0.127. The van der Waals surface area contributed by atoms with Gasteiger partial charge in [-0.2, -0.15) is 0 Å². The predicted octanol–water partition coefficient (Wildman–Crippen LogP) is 4.70. The first kappa shape index (κ1) is 12.7. The highest BCUT2D eigenvalue weighted by Crippen LogP contribution is 2.49. The molecule has 1 heteroatoms. The van der Waals surface area contributed by atoms with Crippen LogP contribution in [0, 0.1) is 30.2 Å². The van der Waals surface area contributed by atoms with Crippen molar-refractivity contribution in [1.82, 2.24) is 0 Å². The van der Waals surface area contributed by atoms with Crippen molar-refractivity contribution in [3.8, 4) is 0 Å². The van der Waals surface area contributed by atoms with E-state index in [-0.39, 0.29) is 5.54 Å². The summed E-state index contributed by atoms with van der Waals surface area (Å²) in [4.78, 5) is 3.89. The summed E-state index contributed by atoms with van der Waals surface area (Å²) in [6, 6.07) is 0. The number of hydrogen-bond donors (Lipinski definition) is 0. The maximum atomic E-state index is 7.42. The van der Waals surface area contributed by atoms with Crippen molar-refractivity contribution in [2.45, 2.75) is 58.9 Å². The largest absolute Gasteiger partial charge is 0.310 e. The Morgan fingerprint density at radius 3 is 2.71 bits per heavy atom. The van der Waals surface area contributed by atoms with Crippen molar-refractivity contribution < 1.29 is 0 Å². The van der Waals surface area contributed by atoms with E-state index < -0.39 is 0 Å². The third-order valence-electron chi connectivity index (χ3n) is 5.01. The Balaban J connectivity index is 2.29. The molecular weight excluding hydrogens is 206 g/mol. The Bertz CT molecular complexity index is 360. The van der Waals surface area contributed by atoms with E-state index >= 15 is 0 Å². The molecule has 94 valence electrons. The van der Waals surface area contributed by atoms with Gasteiger partial charge in [-0.25, -0.2) is 6.57 Å². The van der Waals surface area contributed by atoms with Gasteiger partial charge < -0.3 is 4.85 Å². The molecule has 0 bridgehead atoms. The van der Waals surface area contributed by atoms with E-state index in [1.165, 1.54) is 12.8 Å². The molecule has 0 aromatic carbocycles. The first-order chi connectivity index (χ1) is 7.97. The molecule has 0 radical (unpaired) electrons. The van der Waals surface area contributed by atoms with Crippen molar-refractivity contribution in [3.05, 3.63) is 23.1 Å². The minimum Gasteiger partial charge on any atom is -0.310 e. The van der Waals surface area contributed by atoms with E-state index in [1.807, 2.05) is 0 Å². The lowest BCUT2D eigenvalue weighted by Crippen LogP contribution is -2.38. The highest BCUT2D eigenvalue weighted by molar-refractivity contribution is 5.23. The number of fused-ring (bicyclic) bond motifs is 1. The Labute approximate surface area is 106 Å². The number of nitrogens with zero attached hydrogens (tertiary/aromatic N) is 1. The second kappa shape index (κ2) is 4.48. The summed E-state index contributed by atoms with van der Waals surface area (Å²) in [6.07, 6.45) is 7.17. The van der Waals surface area contributed by atoms with E-state index in [9.17, 15) is 0 Å². The Kier molecular flexibility index (Phi) is 3.34. The lowest BCUT2D eigenvalue weighted by atomic mass is 9.61. The number of rotatable bonds is 1. The molecule has 1 saturated carbocycles. The topological polar surface area (TPSA) is 4.36 Å². The zero-order chi connectivity index (χ0) is 12.6. The molecule has 0 aliphatic heterocycles. The van der Waals surface area contributed by atoms with Gasteiger partial charge in [-0.15, -0.1) is 0 Å². The van der Waals surface area contributed by atoms with Crippen molar-refractivity contribution in [1.29, 1.82) is 0 Å². The van der Waals surface area contributed by atoms with Crippen LogP contribution in [0.25, 0.3) is 4.85 Å². The van der Waals surface area contributed by atoms with Gasteiger partial charge in [-0.05, 0) is 36.5 Å². The predicted molar refractivity (Wildman–Crippen MR) is 72.5 cm³/mol. The molecule has 2 rings (SSSR count). The zero-order valence-corrected chi connectivity index (χ0v) is 11.7. The molecule has 0 saturated heterocycles. The smallest absolute Gasteiger partial charge is 0.233 e. The van der Waals surface area contributed by atoms with Crippen LogP contribution < -0.4 is 0 Å². The van der Waals surface area contributed by atoms with E-state index in [4.69, 9.17) is 6.57 Å². The van der Waals surface area contributed by atoms with Crippen molar-refractivity contribution in [2.75, 3.05) is 0 Å². The first-order valence-corrected chi connectivity index (χ1v) is 7.05. The van der Waals surface area contributed by atoms with E-state index in [1.54, 1.807) is 5.57 Å². The van der Waals surface area contributed by atoms with Crippen LogP contribution in [0.4, 0.5) is 0 Å².